The van der Waals surface area contributed by atoms with E-state index >= 15 is 0 Å². The van der Waals surface area contributed by atoms with Gasteiger partial charge in [-0.3, -0.25) is 4.79 Å². The van der Waals surface area contributed by atoms with Crippen LogP contribution in [0.15, 0.2) is 66.0 Å². The van der Waals surface area contributed by atoms with Crippen molar-refractivity contribution in [2.45, 2.75) is 0 Å². The number of nitrogens with zero attached hydrogens (tertiary/aromatic N) is 2. The third-order valence-electron chi connectivity index (χ3n) is 3.64. The number of ether oxygens (including phenoxy) is 1. The molecule has 132 valence electrons. The van der Waals surface area contributed by atoms with Crippen molar-refractivity contribution in [1.29, 1.82) is 0 Å². The average Bonchev–Trinajstić information content (AvgIpc) is 3.16. The number of methoxy groups -OCH3 is 1. The predicted molar refractivity (Wildman–Crippen MR) is 119 cm³/mol. The molecule has 3 aromatic rings. The highest BCUT2D eigenvalue weighted by Crippen LogP contribution is 2.26. The lowest BCUT2D eigenvalue weighted by atomic mass is 10.2. The van der Waals surface area contributed by atoms with Gasteiger partial charge in [-0.2, -0.15) is 5.10 Å². The standard InChI is InChI=1S/C19H15I2N3O2/c1-26-18-14(10-15(20)11-17(18)21)12-22-23-19(25)13-4-6-16(7-5-13)24-8-2-3-9-24/h2-12H,1H3,(H,23,25)/b22-12-. The molecule has 7 heteroatoms. The Bertz CT molecular complexity index is 936. The summed E-state index contributed by atoms with van der Waals surface area (Å²) in [6.45, 7) is 0. The molecule has 0 unspecified atom stereocenters. The number of rotatable bonds is 5. The van der Waals surface area contributed by atoms with Crippen LogP contribution in [0.1, 0.15) is 15.9 Å². The lowest BCUT2D eigenvalue weighted by Gasteiger charge is -2.08. The fourth-order valence-electron chi connectivity index (χ4n) is 2.41. The minimum Gasteiger partial charge on any atom is -0.495 e. The summed E-state index contributed by atoms with van der Waals surface area (Å²) in [7, 11) is 1.62. The van der Waals surface area contributed by atoms with Crippen molar-refractivity contribution in [1.82, 2.24) is 9.99 Å². The molecule has 0 saturated heterocycles. The maximum absolute atomic E-state index is 12.3. The molecule has 1 N–H and O–H groups in total. The minimum atomic E-state index is -0.264. The molecular weight excluding hydrogens is 556 g/mol. The molecule has 3 rings (SSSR count). The number of carbonyl (C=O) groups excluding carboxylic acids is 1. The van der Waals surface area contributed by atoms with E-state index in [4.69, 9.17) is 4.74 Å². The van der Waals surface area contributed by atoms with Crippen molar-refractivity contribution in [2.24, 2.45) is 5.10 Å². The van der Waals surface area contributed by atoms with Crippen LogP contribution in [0.3, 0.4) is 0 Å². The largest absolute Gasteiger partial charge is 0.495 e. The van der Waals surface area contributed by atoms with Gasteiger partial charge in [0, 0.05) is 32.8 Å². The Hall–Kier alpha value is -1.88. The van der Waals surface area contributed by atoms with Gasteiger partial charge in [0.05, 0.1) is 16.9 Å². The monoisotopic (exact) mass is 571 g/mol. The molecule has 5 nitrogen and oxygen atoms in total. The highest BCUT2D eigenvalue weighted by molar-refractivity contribution is 14.1. The summed E-state index contributed by atoms with van der Waals surface area (Å²) in [4.78, 5) is 12.3. The number of carbonyl (C=O) groups is 1. The fourth-order valence-corrected chi connectivity index (χ4v) is 4.52. The van der Waals surface area contributed by atoms with Gasteiger partial charge in [0.15, 0.2) is 0 Å². The Balaban J connectivity index is 1.70. The van der Waals surface area contributed by atoms with Gasteiger partial charge >= 0.3 is 0 Å². The molecule has 0 spiro atoms. The van der Waals surface area contributed by atoms with Crippen molar-refractivity contribution < 1.29 is 9.53 Å². The molecule has 2 aromatic carbocycles. The quantitative estimate of drug-likeness (QED) is 0.280. The van der Waals surface area contributed by atoms with E-state index in [0.29, 0.717) is 5.56 Å². The summed E-state index contributed by atoms with van der Waals surface area (Å²) >= 11 is 4.45. The molecule has 0 atom stereocenters. The SMILES string of the molecule is COc1c(I)cc(I)cc1/C=N\NC(=O)c1ccc(-n2cccc2)cc1. The molecule has 0 aliphatic heterocycles. The summed E-state index contributed by atoms with van der Waals surface area (Å²) < 4.78 is 9.44. The molecule has 0 aliphatic carbocycles. The summed E-state index contributed by atoms with van der Waals surface area (Å²) in [5.74, 6) is 0.472. The summed E-state index contributed by atoms with van der Waals surface area (Å²) in [6, 6.07) is 15.2. The molecular formula is C19H15I2N3O2. The van der Waals surface area contributed by atoms with E-state index in [1.807, 2.05) is 53.4 Å². The number of nitrogens with one attached hydrogen (secondary N) is 1. The van der Waals surface area contributed by atoms with Crippen LogP contribution in [0, 0.1) is 7.14 Å². The average molecular weight is 571 g/mol. The first kappa shape index (κ1) is 18.9. The van der Waals surface area contributed by atoms with E-state index in [0.717, 1.165) is 24.1 Å². The number of hydrazone groups is 1. The Morgan fingerprint density at radius 2 is 1.85 bits per heavy atom. The molecule has 1 aromatic heterocycles. The van der Waals surface area contributed by atoms with Gasteiger partial charge in [-0.15, -0.1) is 0 Å². The zero-order valence-electron chi connectivity index (χ0n) is 13.8. The van der Waals surface area contributed by atoms with Gasteiger partial charge in [-0.25, -0.2) is 5.43 Å². The van der Waals surface area contributed by atoms with Crippen molar-refractivity contribution in [3.8, 4) is 11.4 Å². The Morgan fingerprint density at radius 3 is 2.50 bits per heavy atom. The van der Waals surface area contributed by atoms with Crippen LogP contribution < -0.4 is 10.2 Å². The van der Waals surface area contributed by atoms with Gasteiger partial charge in [-0.1, -0.05) is 0 Å². The third kappa shape index (κ3) is 4.44. The van der Waals surface area contributed by atoms with E-state index < -0.39 is 0 Å². The topological polar surface area (TPSA) is 55.6 Å². The Kier molecular flexibility index (Phi) is 6.30. The zero-order chi connectivity index (χ0) is 18.5. The molecule has 1 amide bonds. The summed E-state index contributed by atoms with van der Waals surface area (Å²) in [6.07, 6.45) is 5.50. The van der Waals surface area contributed by atoms with E-state index in [1.165, 1.54) is 0 Å². The van der Waals surface area contributed by atoms with Gasteiger partial charge in [0.2, 0.25) is 0 Å². The molecule has 1 heterocycles. The molecule has 0 fully saturated rings. The first-order valence-corrected chi connectivity index (χ1v) is 9.84. The molecule has 0 bridgehead atoms. The minimum absolute atomic E-state index is 0.264. The Morgan fingerprint density at radius 1 is 1.15 bits per heavy atom. The maximum Gasteiger partial charge on any atom is 0.271 e. The van der Waals surface area contributed by atoms with E-state index in [9.17, 15) is 4.79 Å². The highest BCUT2D eigenvalue weighted by Gasteiger charge is 2.08. The number of benzene rings is 2. The van der Waals surface area contributed by atoms with Crippen LogP contribution in [0.4, 0.5) is 0 Å². The lowest BCUT2D eigenvalue weighted by Crippen LogP contribution is -2.17. The second kappa shape index (κ2) is 8.67. The normalized spacial score (nSPS) is 10.9. The molecule has 0 saturated carbocycles. The van der Waals surface area contributed by atoms with Gasteiger partial charge in [0.1, 0.15) is 5.75 Å². The van der Waals surface area contributed by atoms with Gasteiger partial charge < -0.3 is 9.30 Å². The number of aromatic nitrogens is 1. The fraction of sp³-hybridized carbons (Fsp3) is 0.0526. The second-order valence-corrected chi connectivity index (χ2v) is 7.75. The van der Waals surface area contributed by atoms with Crippen molar-refractivity contribution in [2.75, 3.05) is 7.11 Å². The van der Waals surface area contributed by atoms with Crippen LogP contribution in [0.5, 0.6) is 5.75 Å². The molecule has 26 heavy (non-hydrogen) atoms. The predicted octanol–water partition coefficient (Wildman–Crippen LogP) is 4.46. The summed E-state index contributed by atoms with van der Waals surface area (Å²) in [5, 5.41) is 4.06. The van der Waals surface area contributed by atoms with Crippen LogP contribution in [0.25, 0.3) is 5.69 Å². The summed E-state index contributed by atoms with van der Waals surface area (Å²) in [5.41, 5.74) is 4.90. The smallest absolute Gasteiger partial charge is 0.271 e. The number of halogens is 2. The number of amides is 1. The number of hydrogen-bond acceptors (Lipinski definition) is 3. The zero-order valence-corrected chi connectivity index (χ0v) is 18.1. The van der Waals surface area contributed by atoms with Crippen LogP contribution in [-0.2, 0) is 0 Å². The van der Waals surface area contributed by atoms with Crippen LogP contribution in [-0.4, -0.2) is 23.8 Å². The van der Waals surface area contributed by atoms with E-state index in [2.05, 4.69) is 55.7 Å². The van der Waals surface area contributed by atoms with Crippen LogP contribution >= 0.6 is 45.2 Å². The highest BCUT2D eigenvalue weighted by atomic mass is 127. The van der Waals surface area contributed by atoms with Crippen molar-refractivity contribution in [3.05, 3.63) is 79.2 Å². The Labute approximate surface area is 178 Å². The van der Waals surface area contributed by atoms with Crippen molar-refractivity contribution in [3.63, 3.8) is 0 Å². The lowest BCUT2D eigenvalue weighted by molar-refractivity contribution is 0.0955. The van der Waals surface area contributed by atoms with E-state index in [1.54, 1.807) is 25.5 Å². The number of hydrogen-bond donors (Lipinski definition) is 1. The molecule has 0 radical (unpaired) electrons. The second-order valence-electron chi connectivity index (χ2n) is 5.35. The first-order valence-electron chi connectivity index (χ1n) is 7.68. The third-order valence-corrected chi connectivity index (χ3v) is 5.07. The van der Waals surface area contributed by atoms with Crippen LogP contribution in [0.2, 0.25) is 0 Å². The van der Waals surface area contributed by atoms with Gasteiger partial charge in [0.25, 0.3) is 5.91 Å². The van der Waals surface area contributed by atoms with Gasteiger partial charge in [-0.05, 0) is 93.7 Å². The maximum atomic E-state index is 12.3. The van der Waals surface area contributed by atoms with E-state index in [-0.39, 0.29) is 5.91 Å². The molecule has 0 aliphatic rings. The van der Waals surface area contributed by atoms with Crippen molar-refractivity contribution >= 4 is 57.3 Å². The first-order chi connectivity index (χ1) is 12.6.